The van der Waals surface area contributed by atoms with Crippen LogP contribution >= 0.6 is 27.5 Å². The summed E-state index contributed by atoms with van der Waals surface area (Å²) in [5, 5.41) is 9.02. The van der Waals surface area contributed by atoms with Gasteiger partial charge in [0.05, 0.1) is 17.0 Å². The molecule has 78 valence electrons. The molecule has 1 rings (SSSR count). The number of nitriles is 1. The van der Waals surface area contributed by atoms with Crippen molar-refractivity contribution in [1.82, 2.24) is 0 Å². The topological polar surface area (TPSA) is 40.9 Å². The summed E-state index contributed by atoms with van der Waals surface area (Å²) in [7, 11) is 0. The summed E-state index contributed by atoms with van der Waals surface area (Å²) in [4.78, 5) is 11.7. The second-order valence-electron chi connectivity index (χ2n) is 3.28. The summed E-state index contributed by atoms with van der Waals surface area (Å²) >= 11 is 9.18. The molecule has 0 aliphatic heterocycles. The van der Waals surface area contributed by atoms with Gasteiger partial charge in [0.25, 0.3) is 0 Å². The van der Waals surface area contributed by atoms with Crippen LogP contribution in [-0.2, 0) is 0 Å². The normalized spacial score (nSPS) is 11.9. The van der Waals surface area contributed by atoms with E-state index in [1.807, 2.05) is 6.07 Å². The van der Waals surface area contributed by atoms with Gasteiger partial charge in [0.15, 0.2) is 5.78 Å². The molecule has 0 radical (unpaired) electrons. The molecule has 1 aromatic rings. The summed E-state index contributed by atoms with van der Waals surface area (Å²) in [5.74, 6) is -0.376. The van der Waals surface area contributed by atoms with Gasteiger partial charge in [-0.3, -0.25) is 4.79 Å². The molecule has 0 bridgehead atoms. The zero-order valence-electron chi connectivity index (χ0n) is 8.13. The van der Waals surface area contributed by atoms with Gasteiger partial charge < -0.3 is 0 Å². The Morgan fingerprint density at radius 1 is 1.67 bits per heavy atom. The third-order valence-electron chi connectivity index (χ3n) is 1.94. The first-order valence-corrected chi connectivity index (χ1v) is 5.59. The van der Waals surface area contributed by atoms with Gasteiger partial charge in [-0.2, -0.15) is 5.26 Å². The lowest BCUT2D eigenvalue weighted by atomic mass is 10.0. The van der Waals surface area contributed by atoms with Crippen LogP contribution in [0.25, 0.3) is 0 Å². The third kappa shape index (κ3) is 3.33. The van der Waals surface area contributed by atoms with Gasteiger partial charge in [0.2, 0.25) is 0 Å². The summed E-state index contributed by atoms with van der Waals surface area (Å²) in [6.07, 6.45) is 0.206. The van der Waals surface area contributed by atoms with Crippen molar-refractivity contribution in [3.05, 3.63) is 33.3 Å². The molecule has 4 heteroatoms. The molecule has 1 atom stereocenters. The lowest BCUT2D eigenvalue weighted by molar-refractivity contribution is 0.0973. The van der Waals surface area contributed by atoms with Crippen molar-refractivity contribution in [2.24, 2.45) is 5.92 Å². The second-order valence-corrected chi connectivity index (χ2v) is 4.60. The van der Waals surface area contributed by atoms with E-state index in [1.54, 1.807) is 25.1 Å². The zero-order valence-corrected chi connectivity index (χ0v) is 10.5. The number of hydrogen-bond donors (Lipinski definition) is 0. The number of nitrogens with zero attached hydrogens (tertiary/aromatic N) is 1. The van der Waals surface area contributed by atoms with Crippen molar-refractivity contribution in [3.63, 3.8) is 0 Å². The van der Waals surface area contributed by atoms with Crippen LogP contribution in [0.3, 0.4) is 0 Å². The van der Waals surface area contributed by atoms with Crippen molar-refractivity contribution in [3.8, 4) is 6.07 Å². The predicted octanol–water partition coefficient (Wildman–Crippen LogP) is 3.83. The van der Waals surface area contributed by atoms with Gasteiger partial charge in [-0.25, -0.2) is 0 Å². The quantitative estimate of drug-likeness (QED) is 0.792. The van der Waals surface area contributed by atoms with Crippen LogP contribution in [0.2, 0.25) is 5.02 Å². The van der Waals surface area contributed by atoms with E-state index in [9.17, 15) is 4.79 Å². The van der Waals surface area contributed by atoms with Gasteiger partial charge in [-0.05, 0) is 25.1 Å². The van der Waals surface area contributed by atoms with E-state index in [2.05, 4.69) is 15.9 Å². The molecular formula is C11H9BrClNO. The summed E-state index contributed by atoms with van der Waals surface area (Å²) in [6, 6.07) is 7.12. The number of ketones is 1. The number of carbonyl (C=O) groups excluding carboxylic acids is 1. The highest BCUT2D eigenvalue weighted by Gasteiger charge is 2.13. The Bertz CT molecular complexity index is 425. The molecule has 2 nitrogen and oxygen atoms in total. The van der Waals surface area contributed by atoms with Crippen LogP contribution in [0.15, 0.2) is 22.7 Å². The van der Waals surface area contributed by atoms with E-state index < -0.39 is 0 Å². The van der Waals surface area contributed by atoms with Gasteiger partial charge in [0.1, 0.15) is 0 Å². The van der Waals surface area contributed by atoms with Crippen LogP contribution < -0.4 is 0 Å². The van der Waals surface area contributed by atoms with E-state index >= 15 is 0 Å². The Kier molecular flexibility index (Phi) is 4.31. The zero-order chi connectivity index (χ0) is 11.4. The van der Waals surface area contributed by atoms with E-state index in [-0.39, 0.29) is 18.1 Å². The first-order valence-electron chi connectivity index (χ1n) is 4.42. The van der Waals surface area contributed by atoms with Crippen molar-refractivity contribution in [2.45, 2.75) is 13.3 Å². The average molecular weight is 287 g/mol. The summed E-state index contributed by atoms with van der Waals surface area (Å²) in [5.41, 5.74) is 0.474. The van der Waals surface area contributed by atoms with Crippen molar-refractivity contribution >= 4 is 33.3 Å². The Morgan fingerprint density at radius 2 is 2.33 bits per heavy atom. The maximum absolute atomic E-state index is 11.7. The van der Waals surface area contributed by atoms with Crippen LogP contribution in [-0.4, -0.2) is 5.78 Å². The van der Waals surface area contributed by atoms with E-state index in [1.165, 1.54) is 0 Å². The molecule has 0 spiro atoms. The highest BCUT2D eigenvalue weighted by atomic mass is 79.9. The monoisotopic (exact) mass is 285 g/mol. The lowest BCUT2D eigenvalue weighted by Crippen LogP contribution is -2.05. The maximum atomic E-state index is 11.7. The molecule has 15 heavy (non-hydrogen) atoms. The number of hydrogen-bond acceptors (Lipinski definition) is 2. The Balaban J connectivity index is 2.88. The van der Waals surface area contributed by atoms with Crippen LogP contribution in [0.1, 0.15) is 23.7 Å². The molecule has 0 aromatic heterocycles. The minimum absolute atomic E-state index is 0.0958. The molecule has 0 amide bonds. The lowest BCUT2D eigenvalue weighted by Gasteiger charge is -2.04. The van der Waals surface area contributed by atoms with Gasteiger partial charge in [-0.1, -0.05) is 27.5 Å². The fraction of sp³-hybridized carbons (Fsp3) is 0.273. The van der Waals surface area contributed by atoms with Crippen LogP contribution in [0.4, 0.5) is 0 Å². The van der Waals surface area contributed by atoms with Crippen molar-refractivity contribution in [2.75, 3.05) is 0 Å². The van der Waals surface area contributed by atoms with Gasteiger partial charge >= 0.3 is 0 Å². The molecule has 0 saturated heterocycles. The van der Waals surface area contributed by atoms with Gasteiger partial charge in [0, 0.05) is 16.5 Å². The SMILES string of the molecule is CC(C#N)CC(=O)c1ccc(Br)cc1Cl. The molecule has 1 unspecified atom stereocenters. The molecule has 1 aromatic carbocycles. The summed E-state index contributed by atoms with van der Waals surface area (Å²) < 4.78 is 0.831. The molecular weight excluding hydrogens is 277 g/mol. The number of Topliss-reactive ketones (excluding diaryl/α,β-unsaturated/α-hetero) is 1. The van der Waals surface area contributed by atoms with E-state index in [0.717, 1.165) is 4.47 Å². The van der Waals surface area contributed by atoms with E-state index in [4.69, 9.17) is 16.9 Å². The predicted molar refractivity (Wildman–Crippen MR) is 62.9 cm³/mol. The van der Waals surface area contributed by atoms with Crippen molar-refractivity contribution in [1.29, 1.82) is 5.26 Å². The first kappa shape index (κ1) is 12.2. The highest BCUT2D eigenvalue weighted by Crippen LogP contribution is 2.23. The molecule has 0 N–H and O–H groups in total. The number of rotatable bonds is 3. The molecule has 0 aliphatic rings. The highest BCUT2D eigenvalue weighted by molar-refractivity contribution is 9.10. The minimum Gasteiger partial charge on any atom is -0.294 e. The Morgan fingerprint density at radius 3 is 2.87 bits per heavy atom. The van der Waals surface area contributed by atoms with Crippen molar-refractivity contribution < 1.29 is 4.79 Å². The Labute approximate surface area is 102 Å². The second kappa shape index (κ2) is 5.29. The number of halogens is 2. The minimum atomic E-state index is -0.280. The number of benzene rings is 1. The average Bonchev–Trinajstić information content (AvgIpc) is 2.17. The third-order valence-corrected chi connectivity index (χ3v) is 2.75. The standard InChI is InChI=1S/C11H9BrClNO/c1-7(6-14)4-11(15)9-3-2-8(12)5-10(9)13/h2-3,5,7H,4H2,1H3. The molecule has 0 heterocycles. The van der Waals surface area contributed by atoms with E-state index in [0.29, 0.717) is 10.6 Å². The first-order chi connectivity index (χ1) is 7.04. The fourth-order valence-electron chi connectivity index (χ4n) is 1.15. The smallest absolute Gasteiger partial charge is 0.165 e. The number of carbonyl (C=O) groups is 1. The Hall–Kier alpha value is -0.850. The van der Waals surface area contributed by atoms with Gasteiger partial charge in [-0.15, -0.1) is 0 Å². The molecule has 0 aliphatic carbocycles. The largest absolute Gasteiger partial charge is 0.294 e. The van der Waals surface area contributed by atoms with Crippen LogP contribution in [0.5, 0.6) is 0 Å². The summed E-state index contributed by atoms with van der Waals surface area (Å²) in [6.45, 7) is 1.71. The fourth-order valence-corrected chi connectivity index (χ4v) is 1.93. The van der Waals surface area contributed by atoms with Crippen LogP contribution in [0, 0.1) is 17.2 Å². The molecule has 0 fully saturated rings. The maximum Gasteiger partial charge on any atom is 0.165 e. The molecule has 0 saturated carbocycles.